The Kier molecular flexibility index (Phi) is 3.27. The van der Waals surface area contributed by atoms with Crippen LogP contribution >= 0.6 is 11.5 Å². The highest BCUT2D eigenvalue weighted by molar-refractivity contribution is 7.09. The topological polar surface area (TPSA) is 46.8 Å². The van der Waals surface area contributed by atoms with Crippen LogP contribution in [0.3, 0.4) is 0 Å². The van der Waals surface area contributed by atoms with Gasteiger partial charge in [-0.3, -0.25) is 0 Å². The molecule has 5 nitrogen and oxygen atoms in total. The molecule has 0 amide bonds. The fourth-order valence-electron chi connectivity index (χ4n) is 2.42. The summed E-state index contributed by atoms with van der Waals surface area (Å²) >= 11 is 1.53. The maximum Gasteiger partial charge on any atom is 0.205 e. The summed E-state index contributed by atoms with van der Waals surface area (Å²) < 4.78 is 6.52. The minimum atomic E-state index is 0.525. The van der Waals surface area contributed by atoms with Crippen molar-refractivity contribution in [1.82, 2.24) is 18.9 Å². The van der Waals surface area contributed by atoms with E-state index in [0.29, 0.717) is 6.04 Å². The normalized spacial score (nSPS) is 19.6. The Morgan fingerprint density at radius 1 is 1.50 bits per heavy atom. The van der Waals surface area contributed by atoms with Gasteiger partial charge in [0.15, 0.2) is 0 Å². The highest BCUT2D eigenvalue weighted by Gasteiger charge is 2.27. The van der Waals surface area contributed by atoms with Crippen molar-refractivity contribution in [1.29, 1.82) is 0 Å². The second-order valence-corrected chi connectivity index (χ2v) is 5.33. The third-order valence-electron chi connectivity index (χ3n) is 3.38. The Bertz CT molecular complexity index is 492. The molecule has 0 N–H and O–H groups in total. The number of imidazole rings is 1. The molecule has 1 fully saturated rings. The van der Waals surface area contributed by atoms with Crippen LogP contribution in [-0.2, 0) is 13.0 Å². The predicted molar refractivity (Wildman–Crippen MR) is 71.9 cm³/mol. The van der Waals surface area contributed by atoms with E-state index < -0.39 is 0 Å². The molecule has 0 bridgehead atoms. The smallest absolute Gasteiger partial charge is 0.205 e. The quantitative estimate of drug-likeness (QED) is 0.846. The largest absolute Gasteiger partial charge is 0.342 e. The zero-order valence-corrected chi connectivity index (χ0v) is 11.3. The molecule has 1 aliphatic heterocycles. The van der Waals surface area contributed by atoms with Gasteiger partial charge < -0.3 is 9.47 Å². The lowest BCUT2D eigenvalue weighted by Gasteiger charge is -2.23. The zero-order valence-electron chi connectivity index (χ0n) is 10.5. The molecule has 1 saturated heterocycles. The van der Waals surface area contributed by atoms with Crippen molar-refractivity contribution >= 4 is 16.7 Å². The van der Waals surface area contributed by atoms with E-state index in [1.54, 1.807) is 0 Å². The first-order valence-corrected chi connectivity index (χ1v) is 7.19. The third kappa shape index (κ3) is 2.25. The van der Waals surface area contributed by atoms with Gasteiger partial charge in [0, 0.05) is 49.5 Å². The first-order chi connectivity index (χ1) is 8.86. The van der Waals surface area contributed by atoms with Crippen LogP contribution in [0.2, 0.25) is 0 Å². The summed E-state index contributed by atoms with van der Waals surface area (Å²) in [6.07, 6.45) is 9.11. The van der Waals surface area contributed by atoms with Gasteiger partial charge in [-0.05, 0) is 12.8 Å². The fourth-order valence-corrected chi connectivity index (χ4v) is 3.27. The number of rotatable bonds is 4. The minimum Gasteiger partial charge on any atom is -0.342 e. The van der Waals surface area contributed by atoms with E-state index >= 15 is 0 Å². The minimum absolute atomic E-state index is 0.525. The molecule has 0 saturated carbocycles. The lowest BCUT2D eigenvalue weighted by atomic mass is 10.2. The number of anilines is 1. The molecular weight excluding hydrogens is 246 g/mol. The van der Waals surface area contributed by atoms with Gasteiger partial charge in [-0.25, -0.2) is 9.97 Å². The van der Waals surface area contributed by atoms with E-state index in [1.807, 2.05) is 18.7 Å². The van der Waals surface area contributed by atoms with Gasteiger partial charge in [-0.1, -0.05) is 6.92 Å². The van der Waals surface area contributed by atoms with Crippen molar-refractivity contribution in [2.24, 2.45) is 0 Å². The second-order valence-electron chi connectivity index (χ2n) is 4.60. The molecule has 0 aliphatic carbocycles. The molecule has 0 spiro atoms. The molecule has 6 heteroatoms. The van der Waals surface area contributed by atoms with Crippen LogP contribution in [0.15, 0.2) is 18.7 Å². The molecule has 0 aromatic carbocycles. The van der Waals surface area contributed by atoms with Crippen LogP contribution in [0, 0.1) is 0 Å². The van der Waals surface area contributed by atoms with Crippen LogP contribution < -0.4 is 4.90 Å². The molecule has 3 rings (SSSR count). The van der Waals surface area contributed by atoms with Crippen molar-refractivity contribution in [2.75, 3.05) is 11.4 Å². The van der Waals surface area contributed by atoms with Crippen LogP contribution in [0.5, 0.6) is 0 Å². The van der Waals surface area contributed by atoms with Gasteiger partial charge in [-0.15, -0.1) is 0 Å². The van der Waals surface area contributed by atoms with E-state index in [9.17, 15) is 0 Å². The molecule has 1 atom stereocenters. The first kappa shape index (κ1) is 11.6. The molecule has 96 valence electrons. The van der Waals surface area contributed by atoms with E-state index in [4.69, 9.17) is 0 Å². The van der Waals surface area contributed by atoms with Gasteiger partial charge in [0.1, 0.15) is 5.82 Å². The number of nitrogens with zero attached hydrogens (tertiary/aromatic N) is 5. The summed E-state index contributed by atoms with van der Waals surface area (Å²) in [6, 6.07) is 0.525. The van der Waals surface area contributed by atoms with Gasteiger partial charge >= 0.3 is 0 Å². The van der Waals surface area contributed by atoms with Gasteiger partial charge in [0.25, 0.3) is 0 Å². The average molecular weight is 263 g/mol. The molecular formula is C12H17N5S. The first-order valence-electron chi connectivity index (χ1n) is 6.42. The summed E-state index contributed by atoms with van der Waals surface area (Å²) in [5.41, 5.74) is 0. The highest BCUT2D eigenvalue weighted by atomic mass is 32.1. The van der Waals surface area contributed by atoms with E-state index in [2.05, 4.69) is 30.7 Å². The molecule has 2 aromatic heterocycles. The Morgan fingerprint density at radius 3 is 3.17 bits per heavy atom. The molecule has 1 unspecified atom stereocenters. The van der Waals surface area contributed by atoms with Gasteiger partial charge in [0.05, 0.1) is 6.33 Å². The van der Waals surface area contributed by atoms with Crippen LogP contribution in [0.25, 0.3) is 0 Å². The van der Waals surface area contributed by atoms with E-state index in [-0.39, 0.29) is 0 Å². The maximum atomic E-state index is 4.60. The average Bonchev–Trinajstić information content (AvgIpc) is 3.09. The van der Waals surface area contributed by atoms with Crippen molar-refractivity contribution in [3.63, 3.8) is 0 Å². The Labute approximate surface area is 111 Å². The zero-order chi connectivity index (χ0) is 12.4. The van der Waals surface area contributed by atoms with Crippen molar-refractivity contribution in [3.8, 4) is 0 Å². The summed E-state index contributed by atoms with van der Waals surface area (Å²) in [6.45, 7) is 4.18. The monoisotopic (exact) mass is 263 g/mol. The molecule has 0 radical (unpaired) electrons. The molecule has 1 aliphatic rings. The van der Waals surface area contributed by atoms with Crippen molar-refractivity contribution in [2.45, 2.75) is 38.8 Å². The lowest BCUT2D eigenvalue weighted by Crippen LogP contribution is -2.32. The van der Waals surface area contributed by atoms with Crippen molar-refractivity contribution in [3.05, 3.63) is 24.5 Å². The molecule has 18 heavy (non-hydrogen) atoms. The van der Waals surface area contributed by atoms with Gasteiger partial charge in [0.2, 0.25) is 5.13 Å². The third-order valence-corrected chi connectivity index (χ3v) is 4.17. The van der Waals surface area contributed by atoms with E-state index in [1.165, 1.54) is 24.4 Å². The second kappa shape index (κ2) is 5.06. The number of aromatic nitrogens is 4. The summed E-state index contributed by atoms with van der Waals surface area (Å²) in [4.78, 5) is 11.1. The van der Waals surface area contributed by atoms with Crippen LogP contribution in [0.1, 0.15) is 25.6 Å². The van der Waals surface area contributed by atoms with E-state index in [0.717, 1.165) is 30.5 Å². The maximum absolute atomic E-state index is 4.60. The Morgan fingerprint density at radius 2 is 2.44 bits per heavy atom. The Balaban J connectivity index is 1.74. The highest BCUT2D eigenvalue weighted by Crippen LogP contribution is 2.27. The number of hydrogen-bond acceptors (Lipinski definition) is 5. The molecule has 3 heterocycles. The van der Waals surface area contributed by atoms with Crippen LogP contribution in [0.4, 0.5) is 5.13 Å². The van der Waals surface area contributed by atoms with Crippen LogP contribution in [-0.4, -0.2) is 31.5 Å². The molecule has 2 aromatic rings. The number of aryl methyl sites for hydroxylation is 1. The standard InChI is InChI=1S/C12H17N5S/c1-2-11-14-12(18-15-11)17-6-3-4-10(17)8-16-7-5-13-9-16/h5,7,9-10H,2-4,6,8H2,1H3. The SMILES string of the molecule is CCc1nsc(N2CCCC2Cn2ccnc2)n1. The predicted octanol–water partition coefficient (Wildman–Crippen LogP) is 1.97. The summed E-state index contributed by atoms with van der Waals surface area (Å²) in [7, 11) is 0. The lowest BCUT2D eigenvalue weighted by molar-refractivity contribution is 0.549. The van der Waals surface area contributed by atoms with Crippen molar-refractivity contribution < 1.29 is 0 Å². The summed E-state index contributed by atoms with van der Waals surface area (Å²) in [5, 5.41) is 1.08. The van der Waals surface area contributed by atoms with Gasteiger partial charge in [-0.2, -0.15) is 4.37 Å². The summed E-state index contributed by atoms with van der Waals surface area (Å²) in [5.74, 6) is 0.961. The fraction of sp³-hybridized carbons (Fsp3) is 0.583. The Hall–Kier alpha value is -1.43. The number of hydrogen-bond donors (Lipinski definition) is 0.